The largest absolute Gasteiger partial charge is 0.335 e. The molecular formula is C12H10BrF2N3. The molecule has 1 heterocycles. The van der Waals surface area contributed by atoms with Crippen molar-refractivity contribution >= 4 is 27.4 Å². The van der Waals surface area contributed by atoms with E-state index in [1.807, 2.05) is 6.92 Å². The SMILES string of the molecule is CCc1nc(Br)cc(Nc2c(F)cccc2F)n1. The first-order chi connectivity index (χ1) is 8.60. The summed E-state index contributed by atoms with van der Waals surface area (Å²) in [4.78, 5) is 8.26. The lowest BCUT2D eigenvalue weighted by Gasteiger charge is -2.09. The third-order valence-electron chi connectivity index (χ3n) is 2.27. The van der Waals surface area contributed by atoms with Gasteiger partial charge in [0.1, 0.15) is 33.6 Å². The highest BCUT2D eigenvalue weighted by Crippen LogP contribution is 2.23. The van der Waals surface area contributed by atoms with E-state index < -0.39 is 11.6 Å². The Morgan fingerprint density at radius 2 is 1.89 bits per heavy atom. The van der Waals surface area contributed by atoms with E-state index in [1.54, 1.807) is 6.07 Å². The van der Waals surface area contributed by atoms with Gasteiger partial charge in [-0.3, -0.25) is 0 Å². The van der Waals surface area contributed by atoms with E-state index in [1.165, 1.54) is 18.2 Å². The quantitative estimate of drug-likeness (QED) is 0.875. The van der Waals surface area contributed by atoms with Crippen LogP contribution in [0, 0.1) is 11.6 Å². The molecule has 0 fully saturated rings. The highest BCUT2D eigenvalue weighted by Gasteiger charge is 2.10. The second kappa shape index (κ2) is 5.39. The molecule has 0 amide bonds. The van der Waals surface area contributed by atoms with Crippen LogP contribution in [0.5, 0.6) is 0 Å². The third kappa shape index (κ3) is 2.81. The lowest BCUT2D eigenvalue weighted by molar-refractivity contribution is 0.590. The van der Waals surface area contributed by atoms with Crippen molar-refractivity contribution in [1.29, 1.82) is 0 Å². The fourth-order valence-corrected chi connectivity index (χ4v) is 1.85. The highest BCUT2D eigenvalue weighted by molar-refractivity contribution is 9.10. The number of halogens is 3. The van der Waals surface area contributed by atoms with Gasteiger partial charge in [-0.1, -0.05) is 13.0 Å². The minimum atomic E-state index is -0.664. The van der Waals surface area contributed by atoms with Gasteiger partial charge in [0.05, 0.1) is 0 Å². The van der Waals surface area contributed by atoms with Crippen LogP contribution in [0.25, 0.3) is 0 Å². The first kappa shape index (κ1) is 12.9. The summed E-state index contributed by atoms with van der Waals surface area (Å²) >= 11 is 3.23. The van der Waals surface area contributed by atoms with Crippen molar-refractivity contribution in [3.8, 4) is 0 Å². The van der Waals surface area contributed by atoms with Gasteiger partial charge in [0.2, 0.25) is 0 Å². The van der Waals surface area contributed by atoms with Gasteiger partial charge in [0.15, 0.2) is 0 Å². The Kier molecular flexibility index (Phi) is 3.86. The lowest BCUT2D eigenvalue weighted by Crippen LogP contribution is -2.02. The summed E-state index contributed by atoms with van der Waals surface area (Å²) in [6, 6.07) is 5.24. The topological polar surface area (TPSA) is 37.8 Å². The van der Waals surface area contributed by atoms with E-state index in [0.717, 1.165) is 0 Å². The van der Waals surface area contributed by atoms with Gasteiger partial charge in [-0.25, -0.2) is 18.7 Å². The maximum atomic E-state index is 13.5. The van der Waals surface area contributed by atoms with Crippen LogP contribution >= 0.6 is 15.9 Å². The summed E-state index contributed by atoms with van der Waals surface area (Å²) < 4.78 is 27.5. The molecular weight excluding hydrogens is 304 g/mol. The zero-order chi connectivity index (χ0) is 13.1. The minimum Gasteiger partial charge on any atom is -0.335 e. The molecule has 0 aliphatic heterocycles. The van der Waals surface area contributed by atoms with Gasteiger partial charge in [0.25, 0.3) is 0 Å². The van der Waals surface area contributed by atoms with Gasteiger partial charge < -0.3 is 5.32 Å². The van der Waals surface area contributed by atoms with E-state index in [0.29, 0.717) is 22.7 Å². The molecule has 0 unspecified atom stereocenters. The number of nitrogens with one attached hydrogen (secondary N) is 1. The van der Waals surface area contributed by atoms with Gasteiger partial charge in [-0.2, -0.15) is 0 Å². The number of hydrogen-bond acceptors (Lipinski definition) is 3. The Morgan fingerprint density at radius 1 is 1.22 bits per heavy atom. The lowest BCUT2D eigenvalue weighted by atomic mass is 10.3. The maximum absolute atomic E-state index is 13.5. The zero-order valence-electron chi connectivity index (χ0n) is 9.54. The van der Waals surface area contributed by atoms with Gasteiger partial charge in [-0.15, -0.1) is 0 Å². The summed E-state index contributed by atoms with van der Waals surface area (Å²) in [5.41, 5.74) is -0.217. The fourth-order valence-electron chi connectivity index (χ4n) is 1.43. The number of para-hydroxylation sites is 1. The van der Waals surface area contributed by atoms with Crippen molar-refractivity contribution < 1.29 is 8.78 Å². The molecule has 94 valence electrons. The summed E-state index contributed by atoms with van der Waals surface area (Å²) in [7, 11) is 0. The molecule has 1 aromatic carbocycles. The van der Waals surface area contributed by atoms with Crippen LogP contribution in [0.15, 0.2) is 28.9 Å². The number of benzene rings is 1. The molecule has 6 heteroatoms. The maximum Gasteiger partial charge on any atom is 0.149 e. The second-order valence-electron chi connectivity index (χ2n) is 3.57. The highest BCUT2D eigenvalue weighted by atomic mass is 79.9. The Morgan fingerprint density at radius 3 is 2.50 bits per heavy atom. The molecule has 3 nitrogen and oxygen atoms in total. The number of nitrogens with zero attached hydrogens (tertiary/aromatic N) is 2. The average molecular weight is 314 g/mol. The summed E-state index contributed by atoms with van der Waals surface area (Å²) in [5, 5.41) is 2.62. The smallest absolute Gasteiger partial charge is 0.149 e. The Hall–Kier alpha value is -1.56. The molecule has 0 aliphatic rings. The van der Waals surface area contributed by atoms with Crippen molar-refractivity contribution in [2.75, 3.05) is 5.32 Å². The molecule has 0 saturated heterocycles. The first-order valence-corrected chi connectivity index (χ1v) is 6.14. The average Bonchev–Trinajstić information content (AvgIpc) is 2.33. The third-order valence-corrected chi connectivity index (χ3v) is 2.68. The summed E-state index contributed by atoms with van der Waals surface area (Å²) in [6.45, 7) is 1.90. The molecule has 0 radical (unpaired) electrons. The standard InChI is InChI=1S/C12H10BrF2N3/c1-2-10-16-9(13)6-11(17-10)18-12-7(14)4-3-5-8(12)15/h3-6H,2H2,1H3,(H,16,17,18). The molecule has 1 N–H and O–H groups in total. The van der Waals surface area contributed by atoms with Crippen LogP contribution in [-0.2, 0) is 6.42 Å². The molecule has 0 aliphatic carbocycles. The minimum absolute atomic E-state index is 0.217. The van der Waals surface area contributed by atoms with E-state index in [-0.39, 0.29) is 5.69 Å². The Labute approximate surface area is 111 Å². The molecule has 2 aromatic rings. The van der Waals surface area contributed by atoms with Crippen molar-refractivity contribution in [2.45, 2.75) is 13.3 Å². The molecule has 0 bridgehead atoms. The normalized spacial score (nSPS) is 10.4. The fraction of sp³-hybridized carbons (Fsp3) is 0.167. The van der Waals surface area contributed by atoms with Crippen LogP contribution in [-0.4, -0.2) is 9.97 Å². The number of aromatic nitrogens is 2. The molecule has 0 atom stereocenters. The summed E-state index contributed by atoms with van der Waals surface area (Å²) in [6.07, 6.45) is 0.633. The van der Waals surface area contributed by atoms with Gasteiger partial charge >= 0.3 is 0 Å². The van der Waals surface area contributed by atoms with E-state index in [4.69, 9.17) is 0 Å². The predicted molar refractivity (Wildman–Crippen MR) is 68.8 cm³/mol. The van der Waals surface area contributed by atoms with Gasteiger partial charge in [-0.05, 0) is 28.1 Å². The van der Waals surface area contributed by atoms with Crippen molar-refractivity contribution in [2.24, 2.45) is 0 Å². The monoisotopic (exact) mass is 313 g/mol. The summed E-state index contributed by atoms with van der Waals surface area (Å²) in [5.74, 6) is -0.396. The van der Waals surface area contributed by atoms with Crippen LogP contribution in [0.1, 0.15) is 12.7 Å². The van der Waals surface area contributed by atoms with Crippen LogP contribution in [0.4, 0.5) is 20.3 Å². The van der Waals surface area contributed by atoms with E-state index in [2.05, 4.69) is 31.2 Å². The molecule has 18 heavy (non-hydrogen) atoms. The molecule has 1 aromatic heterocycles. The van der Waals surface area contributed by atoms with Gasteiger partial charge in [0, 0.05) is 12.5 Å². The van der Waals surface area contributed by atoms with Crippen molar-refractivity contribution in [1.82, 2.24) is 9.97 Å². The Balaban J connectivity index is 2.37. The number of aryl methyl sites for hydroxylation is 1. The zero-order valence-corrected chi connectivity index (χ0v) is 11.1. The number of rotatable bonds is 3. The number of anilines is 2. The molecule has 2 rings (SSSR count). The van der Waals surface area contributed by atoms with E-state index in [9.17, 15) is 8.78 Å². The van der Waals surface area contributed by atoms with E-state index >= 15 is 0 Å². The number of hydrogen-bond donors (Lipinski definition) is 1. The van der Waals surface area contributed by atoms with Crippen LogP contribution in [0.3, 0.4) is 0 Å². The van der Waals surface area contributed by atoms with Crippen molar-refractivity contribution in [3.63, 3.8) is 0 Å². The van der Waals surface area contributed by atoms with Crippen LogP contribution in [0.2, 0.25) is 0 Å². The second-order valence-corrected chi connectivity index (χ2v) is 4.38. The molecule has 0 saturated carbocycles. The Bertz CT molecular complexity index is 555. The van der Waals surface area contributed by atoms with Crippen LogP contribution < -0.4 is 5.32 Å². The van der Waals surface area contributed by atoms with Crippen molar-refractivity contribution in [3.05, 3.63) is 46.3 Å². The first-order valence-electron chi connectivity index (χ1n) is 5.34. The predicted octanol–water partition coefficient (Wildman–Crippen LogP) is 3.82. The molecule has 0 spiro atoms.